The molecule has 2 aliphatic carbocycles. The van der Waals surface area contributed by atoms with Gasteiger partial charge in [-0.1, -0.05) is 45.4 Å². The van der Waals surface area contributed by atoms with Crippen LogP contribution in [-0.4, -0.2) is 49.3 Å². The molecule has 1 aromatic carbocycles. The van der Waals surface area contributed by atoms with Crippen LogP contribution in [0.1, 0.15) is 101 Å². The van der Waals surface area contributed by atoms with E-state index in [0.717, 1.165) is 60.1 Å². The van der Waals surface area contributed by atoms with Crippen LogP contribution < -0.4 is 15.0 Å². The minimum Gasteiger partial charge on any atom is -0.486 e. The number of aromatic nitrogens is 5. The standard InChI is InChI=1S/C28H38N6O3/c1-2-24(27-30-31-32-34(27)22-11-7-4-8-12-22)33(21-9-5-3-6-10-21)18-20-15-19-16-25-26(37-14-13-36-25)17-23(19)29-28(20)35/h15-17,21-22,24H,2-14,18H2,1H3,(H,29,35)/t24-/m1/s1. The Labute approximate surface area is 217 Å². The summed E-state index contributed by atoms with van der Waals surface area (Å²) in [6, 6.07) is 6.73. The van der Waals surface area contributed by atoms with E-state index in [4.69, 9.17) is 9.47 Å². The van der Waals surface area contributed by atoms with Crippen molar-refractivity contribution in [3.8, 4) is 11.5 Å². The van der Waals surface area contributed by atoms with E-state index in [-0.39, 0.29) is 11.6 Å². The third kappa shape index (κ3) is 4.98. The monoisotopic (exact) mass is 506 g/mol. The summed E-state index contributed by atoms with van der Waals surface area (Å²) >= 11 is 0. The summed E-state index contributed by atoms with van der Waals surface area (Å²) < 4.78 is 13.6. The van der Waals surface area contributed by atoms with Crippen LogP contribution in [0.15, 0.2) is 23.0 Å². The average Bonchev–Trinajstić information content (AvgIpc) is 3.43. The number of hydrogen-bond donors (Lipinski definition) is 1. The molecular weight excluding hydrogens is 468 g/mol. The van der Waals surface area contributed by atoms with Crippen LogP contribution in [0.25, 0.3) is 10.9 Å². The van der Waals surface area contributed by atoms with E-state index in [1.807, 2.05) is 18.2 Å². The number of fused-ring (bicyclic) bond motifs is 2. The zero-order valence-electron chi connectivity index (χ0n) is 21.8. The van der Waals surface area contributed by atoms with Crippen LogP contribution in [0, 0.1) is 0 Å². The van der Waals surface area contributed by atoms with Crippen LogP contribution in [0.5, 0.6) is 11.5 Å². The summed E-state index contributed by atoms with van der Waals surface area (Å²) in [6.45, 7) is 3.85. The Hall–Kier alpha value is -2.94. The molecule has 3 heterocycles. The van der Waals surface area contributed by atoms with Gasteiger partial charge >= 0.3 is 0 Å². The number of benzene rings is 1. The zero-order chi connectivity index (χ0) is 25.2. The minimum absolute atomic E-state index is 0.0493. The molecule has 1 N–H and O–H groups in total. The highest BCUT2D eigenvalue weighted by Gasteiger charge is 2.33. The lowest BCUT2D eigenvalue weighted by atomic mass is 9.91. The summed E-state index contributed by atoms with van der Waals surface area (Å²) in [5, 5.41) is 14.2. The van der Waals surface area contributed by atoms with Gasteiger partial charge in [-0.3, -0.25) is 9.69 Å². The number of nitrogens with one attached hydrogen (secondary N) is 1. The van der Waals surface area contributed by atoms with Crippen molar-refractivity contribution < 1.29 is 9.47 Å². The van der Waals surface area contributed by atoms with Gasteiger partial charge in [0.05, 0.1) is 17.6 Å². The van der Waals surface area contributed by atoms with Crippen molar-refractivity contribution in [3.05, 3.63) is 39.9 Å². The molecular formula is C28H38N6O3. The number of pyridine rings is 1. The molecule has 37 heavy (non-hydrogen) atoms. The molecule has 9 nitrogen and oxygen atoms in total. The van der Waals surface area contributed by atoms with Crippen molar-refractivity contribution >= 4 is 10.9 Å². The van der Waals surface area contributed by atoms with E-state index in [1.165, 1.54) is 38.5 Å². The van der Waals surface area contributed by atoms with Crippen molar-refractivity contribution in [2.24, 2.45) is 0 Å². The lowest BCUT2D eigenvalue weighted by molar-refractivity contribution is 0.0820. The van der Waals surface area contributed by atoms with E-state index >= 15 is 0 Å². The first-order valence-electron chi connectivity index (χ1n) is 14.2. The van der Waals surface area contributed by atoms with Crippen molar-refractivity contribution in [2.45, 2.75) is 102 Å². The highest BCUT2D eigenvalue weighted by molar-refractivity contribution is 5.83. The van der Waals surface area contributed by atoms with Crippen molar-refractivity contribution in [1.29, 1.82) is 0 Å². The van der Waals surface area contributed by atoms with Crippen LogP contribution in [0.3, 0.4) is 0 Å². The maximum Gasteiger partial charge on any atom is 0.252 e. The molecule has 6 rings (SSSR count). The Kier molecular flexibility index (Phi) is 7.13. The van der Waals surface area contributed by atoms with E-state index in [1.54, 1.807) is 0 Å². The molecule has 0 saturated heterocycles. The lowest BCUT2D eigenvalue weighted by Crippen LogP contribution is -2.41. The molecule has 3 aromatic rings. The van der Waals surface area contributed by atoms with Gasteiger partial charge in [-0.25, -0.2) is 4.68 Å². The molecule has 3 aliphatic rings. The molecule has 0 unspecified atom stereocenters. The smallest absolute Gasteiger partial charge is 0.252 e. The Bertz CT molecular complexity index is 1270. The molecule has 0 bridgehead atoms. The average molecular weight is 507 g/mol. The Morgan fingerprint density at radius 2 is 1.70 bits per heavy atom. The van der Waals surface area contributed by atoms with E-state index in [2.05, 4.69) is 37.0 Å². The Morgan fingerprint density at radius 3 is 2.43 bits per heavy atom. The fourth-order valence-electron chi connectivity index (χ4n) is 6.58. The third-order valence-corrected chi connectivity index (χ3v) is 8.50. The van der Waals surface area contributed by atoms with Crippen LogP contribution in [0.2, 0.25) is 0 Å². The van der Waals surface area contributed by atoms with E-state index < -0.39 is 0 Å². The second-order valence-corrected chi connectivity index (χ2v) is 10.9. The van der Waals surface area contributed by atoms with Crippen LogP contribution in [-0.2, 0) is 6.54 Å². The molecule has 198 valence electrons. The number of tetrazole rings is 1. The molecule has 2 fully saturated rings. The summed E-state index contributed by atoms with van der Waals surface area (Å²) in [7, 11) is 0. The van der Waals surface area contributed by atoms with Gasteiger partial charge in [0.25, 0.3) is 5.56 Å². The number of rotatable bonds is 7. The van der Waals surface area contributed by atoms with Gasteiger partial charge in [0, 0.05) is 29.6 Å². The summed E-state index contributed by atoms with van der Waals surface area (Å²) in [4.78, 5) is 19.0. The number of nitrogens with zero attached hydrogens (tertiary/aromatic N) is 5. The summed E-state index contributed by atoms with van der Waals surface area (Å²) in [5.41, 5.74) is 1.49. The minimum atomic E-state index is -0.0493. The molecule has 0 radical (unpaired) electrons. The first kappa shape index (κ1) is 24.4. The van der Waals surface area contributed by atoms with Gasteiger partial charge in [-0.15, -0.1) is 5.10 Å². The second-order valence-electron chi connectivity index (χ2n) is 10.9. The van der Waals surface area contributed by atoms with E-state index in [0.29, 0.717) is 37.6 Å². The SMILES string of the molecule is CC[C@H](c1nnnn1C1CCCCC1)N(Cc1cc2cc3c(cc2[nH]c1=O)OCCO3)C1CCCCC1. The molecule has 2 saturated carbocycles. The highest BCUT2D eigenvalue weighted by Crippen LogP contribution is 2.37. The van der Waals surface area contributed by atoms with Gasteiger partial charge in [-0.05, 0) is 54.7 Å². The topological polar surface area (TPSA) is 98.2 Å². The lowest BCUT2D eigenvalue weighted by Gasteiger charge is -2.39. The maximum absolute atomic E-state index is 13.3. The predicted molar refractivity (Wildman–Crippen MR) is 141 cm³/mol. The first-order valence-corrected chi connectivity index (χ1v) is 14.2. The van der Waals surface area contributed by atoms with Gasteiger partial charge in [0.2, 0.25) is 0 Å². The normalized spacial score (nSPS) is 19.9. The van der Waals surface area contributed by atoms with Gasteiger partial charge < -0.3 is 14.5 Å². The number of ether oxygens (including phenoxy) is 2. The highest BCUT2D eigenvalue weighted by atomic mass is 16.6. The second kappa shape index (κ2) is 10.8. The number of hydrogen-bond acceptors (Lipinski definition) is 7. The number of H-pyrrole nitrogens is 1. The van der Waals surface area contributed by atoms with Crippen molar-refractivity contribution in [1.82, 2.24) is 30.1 Å². The molecule has 0 spiro atoms. The Balaban J connectivity index is 1.36. The first-order chi connectivity index (χ1) is 18.2. The van der Waals surface area contributed by atoms with E-state index in [9.17, 15) is 4.79 Å². The zero-order valence-corrected chi connectivity index (χ0v) is 21.8. The predicted octanol–water partition coefficient (Wildman–Crippen LogP) is 5.08. The van der Waals surface area contributed by atoms with Crippen molar-refractivity contribution in [3.63, 3.8) is 0 Å². The molecule has 9 heteroatoms. The Morgan fingerprint density at radius 1 is 1.00 bits per heavy atom. The largest absolute Gasteiger partial charge is 0.486 e. The third-order valence-electron chi connectivity index (χ3n) is 8.50. The van der Waals surface area contributed by atoms with Gasteiger partial charge in [0.15, 0.2) is 17.3 Å². The maximum atomic E-state index is 13.3. The quantitative estimate of drug-likeness (QED) is 0.477. The molecule has 1 atom stereocenters. The van der Waals surface area contributed by atoms with Crippen molar-refractivity contribution in [2.75, 3.05) is 13.2 Å². The van der Waals surface area contributed by atoms with Gasteiger partial charge in [0.1, 0.15) is 13.2 Å². The summed E-state index contributed by atoms with van der Waals surface area (Å²) in [5.74, 6) is 2.38. The molecule has 2 aromatic heterocycles. The number of aromatic amines is 1. The van der Waals surface area contributed by atoms with Crippen LogP contribution >= 0.6 is 0 Å². The van der Waals surface area contributed by atoms with Gasteiger partial charge in [-0.2, -0.15) is 0 Å². The fraction of sp³-hybridized carbons (Fsp3) is 0.643. The summed E-state index contributed by atoms with van der Waals surface area (Å²) in [6.07, 6.45) is 13.0. The molecule has 1 aliphatic heterocycles. The fourth-order valence-corrected chi connectivity index (χ4v) is 6.58. The molecule has 0 amide bonds. The van der Waals surface area contributed by atoms with Crippen LogP contribution in [0.4, 0.5) is 0 Å².